The van der Waals surface area contributed by atoms with E-state index in [0.29, 0.717) is 6.54 Å². The van der Waals surface area contributed by atoms with E-state index in [4.69, 9.17) is 4.74 Å². The van der Waals surface area contributed by atoms with Crippen LogP contribution in [-0.2, 0) is 14.3 Å². The molecule has 1 N–H and O–H groups in total. The van der Waals surface area contributed by atoms with Crippen LogP contribution in [-0.4, -0.2) is 47.6 Å². The number of piperazine rings is 1. The molecular formula is C14H24N2O3. The van der Waals surface area contributed by atoms with Gasteiger partial charge in [-0.3, -0.25) is 9.59 Å². The summed E-state index contributed by atoms with van der Waals surface area (Å²) in [6, 6.07) is -0.423. The lowest BCUT2D eigenvalue weighted by molar-refractivity contribution is -0.158. The Kier molecular flexibility index (Phi) is 3.60. The number of carbonyl (C=O) groups excluding carboxylic acids is 2. The van der Waals surface area contributed by atoms with Crippen LogP contribution in [0.2, 0.25) is 0 Å². The minimum atomic E-state index is -0.645. The van der Waals surface area contributed by atoms with Gasteiger partial charge in [-0.1, -0.05) is 12.8 Å². The zero-order chi connectivity index (χ0) is 14.3. The Bertz CT molecular complexity index is 386. The van der Waals surface area contributed by atoms with Gasteiger partial charge in [-0.05, 0) is 33.6 Å². The molecule has 1 saturated carbocycles. The molecule has 1 atom stereocenters. The van der Waals surface area contributed by atoms with Crippen LogP contribution in [0.5, 0.6) is 0 Å². The number of carbonyl (C=O) groups is 2. The second kappa shape index (κ2) is 4.78. The molecule has 2 amide bonds. The average Bonchev–Trinajstić information content (AvgIpc) is 2.82. The van der Waals surface area contributed by atoms with Crippen LogP contribution in [0, 0.1) is 0 Å². The molecule has 0 radical (unpaired) electrons. The van der Waals surface area contributed by atoms with Crippen LogP contribution in [0.1, 0.15) is 46.5 Å². The molecule has 2 rings (SSSR count). The molecule has 2 fully saturated rings. The smallest absolute Gasteiger partial charge is 0.249 e. The van der Waals surface area contributed by atoms with Gasteiger partial charge in [0.15, 0.2) is 0 Å². The number of nitrogens with zero attached hydrogens (tertiary/aromatic N) is 1. The lowest BCUT2D eigenvalue weighted by atomic mass is 9.90. The third-order valence-electron chi connectivity index (χ3n) is 4.44. The molecule has 2 aliphatic rings. The van der Waals surface area contributed by atoms with E-state index in [1.54, 1.807) is 18.9 Å². The topological polar surface area (TPSA) is 58.6 Å². The number of hydrogen-bond acceptors (Lipinski definition) is 3. The molecule has 5 heteroatoms. The molecule has 0 aromatic rings. The van der Waals surface area contributed by atoms with Gasteiger partial charge < -0.3 is 15.0 Å². The van der Waals surface area contributed by atoms with Crippen molar-refractivity contribution in [2.75, 3.05) is 13.7 Å². The average molecular weight is 268 g/mol. The first-order valence-corrected chi connectivity index (χ1v) is 7.00. The third-order valence-corrected chi connectivity index (χ3v) is 4.44. The highest BCUT2D eigenvalue weighted by atomic mass is 16.5. The maximum Gasteiger partial charge on any atom is 0.249 e. The Morgan fingerprint density at radius 1 is 1.37 bits per heavy atom. The van der Waals surface area contributed by atoms with Crippen molar-refractivity contribution in [2.24, 2.45) is 0 Å². The van der Waals surface area contributed by atoms with Crippen LogP contribution >= 0.6 is 0 Å². The van der Waals surface area contributed by atoms with Crippen molar-refractivity contribution in [2.45, 2.75) is 63.6 Å². The first-order chi connectivity index (χ1) is 8.81. The van der Waals surface area contributed by atoms with E-state index in [1.165, 1.54) is 0 Å². The highest BCUT2D eigenvalue weighted by Gasteiger charge is 2.51. The van der Waals surface area contributed by atoms with E-state index in [0.717, 1.165) is 25.7 Å². The van der Waals surface area contributed by atoms with Crippen molar-refractivity contribution in [3.05, 3.63) is 0 Å². The van der Waals surface area contributed by atoms with Crippen LogP contribution < -0.4 is 5.32 Å². The molecule has 1 aliphatic heterocycles. The lowest BCUT2D eigenvalue weighted by Crippen LogP contribution is -2.70. The molecule has 5 nitrogen and oxygen atoms in total. The number of rotatable bonds is 3. The quantitative estimate of drug-likeness (QED) is 0.833. The van der Waals surface area contributed by atoms with Crippen molar-refractivity contribution in [1.82, 2.24) is 10.2 Å². The Morgan fingerprint density at radius 2 is 1.95 bits per heavy atom. The van der Waals surface area contributed by atoms with Crippen molar-refractivity contribution in [3.8, 4) is 0 Å². The first-order valence-electron chi connectivity index (χ1n) is 7.00. The zero-order valence-corrected chi connectivity index (χ0v) is 12.3. The molecule has 0 aromatic heterocycles. The molecule has 0 bridgehead atoms. The molecule has 1 heterocycles. The SMILES string of the molecule is COC(C)(C)CN1C(=O)C2(CCCC2)NC(=O)C1C. The number of ether oxygens (including phenoxy) is 1. The van der Waals surface area contributed by atoms with Gasteiger partial charge in [0.25, 0.3) is 0 Å². The number of nitrogens with one attached hydrogen (secondary N) is 1. The van der Waals surface area contributed by atoms with Crippen molar-refractivity contribution >= 4 is 11.8 Å². The van der Waals surface area contributed by atoms with Crippen LogP contribution in [0.15, 0.2) is 0 Å². The molecule has 0 aromatic carbocycles. The summed E-state index contributed by atoms with van der Waals surface area (Å²) in [4.78, 5) is 26.6. The lowest BCUT2D eigenvalue weighted by Gasteiger charge is -2.45. The normalized spacial score (nSPS) is 26.9. The fraction of sp³-hybridized carbons (Fsp3) is 0.857. The Morgan fingerprint density at radius 3 is 2.47 bits per heavy atom. The summed E-state index contributed by atoms with van der Waals surface area (Å²) < 4.78 is 5.40. The predicted molar refractivity (Wildman–Crippen MR) is 71.6 cm³/mol. The maximum absolute atomic E-state index is 12.8. The van der Waals surface area contributed by atoms with Gasteiger partial charge in [0.2, 0.25) is 11.8 Å². The highest BCUT2D eigenvalue weighted by molar-refractivity contribution is 5.99. The van der Waals surface area contributed by atoms with Gasteiger partial charge in [0, 0.05) is 7.11 Å². The summed E-state index contributed by atoms with van der Waals surface area (Å²) in [5.41, 5.74) is -1.09. The monoisotopic (exact) mass is 268 g/mol. The molecular weight excluding hydrogens is 244 g/mol. The van der Waals surface area contributed by atoms with E-state index < -0.39 is 17.2 Å². The fourth-order valence-electron chi connectivity index (χ4n) is 2.99. The van der Waals surface area contributed by atoms with Gasteiger partial charge in [-0.25, -0.2) is 0 Å². The molecule has 1 spiro atoms. The van der Waals surface area contributed by atoms with E-state index in [9.17, 15) is 9.59 Å². The van der Waals surface area contributed by atoms with Crippen LogP contribution in [0.25, 0.3) is 0 Å². The summed E-state index contributed by atoms with van der Waals surface area (Å²) in [5.74, 6) is 0.00984. The minimum absolute atomic E-state index is 0.0478. The second-order valence-electron chi connectivity index (χ2n) is 6.35. The van der Waals surface area contributed by atoms with Gasteiger partial charge >= 0.3 is 0 Å². The van der Waals surface area contributed by atoms with E-state index in [1.807, 2.05) is 13.8 Å². The third kappa shape index (κ3) is 2.48. The Hall–Kier alpha value is -1.10. The van der Waals surface area contributed by atoms with Gasteiger partial charge in [-0.15, -0.1) is 0 Å². The van der Waals surface area contributed by atoms with E-state index >= 15 is 0 Å². The summed E-state index contributed by atoms with van der Waals surface area (Å²) >= 11 is 0. The van der Waals surface area contributed by atoms with Gasteiger partial charge in [-0.2, -0.15) is 0 Å². The molecule has 1 saturated heterocycles. The molecule has 1 unspecified atom stereocenters. The molecule has 108 valence electrons. The number of methoxy groups -OCH3 is 1. The van der Waals surface area contributed by atoms with Gasteiger partial charge in [0.05, 0.1) is 12.1 Å². The van der Waals surface area contributed by atoms with Crippen LogP contribution in [0.3, 0.4) is 0 Å². The second-order valence-corrected chi connectivity index (χ2v) is 6.35. The van der Waals surface area contributed by atoms with E-state index in [-0.39, 0.29) is 11.8 Å². The van der Waals surface area contributed by atoms with Crippen molar-refractivity contribution < 1.29 is 14.3 Å². The van der Waals surface area contributed by atoms with Crippen molar-refractivity contribution in [3.63, 3.8) is 0 Å². The minimum Gasteiger partial charge on any atom is -0.377 e. The van der Waals surface area contributed by atoms with Crippen LogP contribution in [0.4, 0.5) is 0 Å². The highest BCUT2D eigenvalue weighted by Crippen LogP contribution is 2.35. The fourth-order valence-corrected chi connectivity index (χ4v) is 2.99. The standard InChI is InChI=1S/C14H24N2O3/c1-10-11(17)15-14(7-5-6-8-14)12(18)16(10)9-13(2,3)19-4/h10H,5-9H2,1-4H3,(H,15,17). The largest absolute Gasteiger partial charge is 0.377 e. The van der Waals surface area contributed by atoms with Gasteiger partial charge in [0.1, 0.15) is 11.6 Å². The molecule has 1 aliphatic carbocycles. The predicted octanol–water partition coefficient (Wildman–Crippen LogP) is 1.07. The number of hydrogen-bond donors (Lipinski definition) is 1. The zero-order valence-electron chi connectivity index (χ0n) is 12.3. The van der Waals surface area contributed by atoms with E-state index in [2.05, 4.69) is 5.32 Å². The maximum atomic E-state index is 12.8. The summed E-state index contributed by atoms with van der Waals surface area (Å²) in [5, 5.41) is 2.95. The molecule has 19 heavy (non-hydrogen) atoms. The summed E-state index contributed by atoms with van der Waals surface area (Å²) in [6.45, 7) is 6.08. The Labute approximate surface area is 114 Å². The summed E-state index contributed by atoms with van der Waals surface area (Å²) in [6.07, 6.45) is 3.52. The number of amides is 2. The summed E-state index contributed by atoms with van der Waals surface area (Å²) in [7, 11) is 1.63. The van der Waals surface area contributed by atoms with Crippen molar-refractivity contribution in [1.29, 1.82) is 0 Å². The first kappa shape index (κ1) is 14.3. The Balaban J connectivity index is 2.24.